The summed E-state index contributed by atoms with van der Waals surface area (Å²) < 4.78 is 10.5. The Labute approximate surface area is 277 Å². The van der Waals surface area contributed by atoms with Gasteiger partial charge < -0.3 is 9.47 Å². The minimum Gasteiger partial charge on any atom is -0.493 e. The fourth-order valence-corrected chi connectivity index (χ4v) is 5.28. The summed E-state index contributed by atoms with van der Waals surface area (Å²) in [6.07, 6.45) is 32.5. The van der Waals surface area contributed by atoms with Gasteiger partial charge in [0.1, 0.15) is 0 Å². The average molecular weight is 621 g/mol. The van der Waals surface area contributed by atoms with E-state index >= 15 is 0 Å². The van der Waals surface area contributed by atoms with Crippen molar-refractivity contribution >= 4 is 11.6 Å². The highest BCUT2D eigenvalue weighted by molar-refractivity contribution is 6.09. The molecule has 0 fully saturated rings. The molecule has 4 heteroatoms. The molecular weight excluding hydrogens is 568 g/mol. The van der Waals surface area contributed by atoms with E-state index in [-0.39, 0.29) is 22.4 Å². The first-order valence-corrected chi connectivity index (χ1v) is 15.7. The van der Waals surface area contributed by atoms with Crippen LogP contribution < -0.4 is 0 Å². The van der Waals surface area contributed by atoms with Crippen LogP contribution in [0.15, 0.2) is 153 Å². The predicted octanol–water partition coefficient (Wildman–Crippen LogP) is 10.5. The topological polar surface area (TPSA) is 52.6 Å². The van der Waals surface area contributed by atoms with Gasteiger partial charge in [0.05, 0.1) is 14.2 Å². The lowest BCUT2D eigenvalue weighted by Crippen LogP contribution is -2.23. The zero-order valence-corrected chi connectivity index (χ0v) is 29.9. The van der Waals surface area contributed by atoms with E-state index in [0.29, 0.717) is 11.5 Å². The lowest BCUT2D eigenvalue weighted by atomic mass is 9.76. The molecule has 0 heterocycles. The molecule has 2 aliphatic carbocycles. The first kappa shape index (κ1) is 37.7. The summed E-state index contributed by atoms with van der Waals surface area (Å²) in [4.78, 5) is 25.1. The fraction of sp³-hybridized carbons (Fsp3) is 0.333. The van der Waals surface area contributed by atoms with Gasteiger partial charge in [0.15, 0.2) is 11.5 Å². The minimum atomic E-state index is -0.280. The van der Waals surface area contributed by atoms with Gasteiger partial charge in [-0.3, -0.25) is 9.59 Å². The second-order valence-corrected chi connectivity index (χ2v) is 13.0. The summed E-state index contributed by atoms with van der Waals surface area (Å²) in [5, 5.41) is 0. The summed E-state index contributed by atoms with van der Waals surface area (Å²) in [6.45, 7) is 20.3. The Bertz CT molecular complexity index is 1490. The lowest BCUT2D eigenvalue weighted by molar-refractivity contribution is -0.116. The van der Waals surface area contributed by atoms with Crippen molar-refractivity contribution in [3.05, 3.63) is 153 Å². The Morgan fingerprint density at radius 1 is 0.543 bits per heavy atom. The maximum atomic E-state index is 12.5. The summed E-state index contributed by atoms with van der Waals surface area (Å²) >= 11 is 0. The highest BCUT2D eigenvalue weighted by Crippen LogP contribution is 2.39. The van der Waals surface area contributed by atoms with Crippen LogP contribution in [0.5, 0.6) is 0 Å². The molecule has 0 bridgehead atoms. The Kier molecular flexibility index (Phi) is 13.7. The smallest absolute Gasteiger partial charge is 0.223 e. The molecular formula is C42H52O4. The van der Waals surface area contributed by atoms with Crippen LogP contribution in [-0.2, 0) is 19.1 Å². The molecule has 0 saturated carbocycles. The van der Waals surface area contributed by atoms with E-state index in [1.165, 1.54) is 14.2 Å². The van der Waals surface area contributed by atoms with Crippen LogP contribution in [0.2, 0.25) is 0 Å². The van der Waals surface area contributed by atoms with Gasteiger partial charge >= 0.3 is 0 Å². The number of carbonyl (C=O) groups is 2. The van der Waals surface area contributed by atoms with Crippen molar-refractivity contribution < 1.29 is 19.1 Å². The molecule has 2 aliphatic rings. The normalized spacial score (nSPS) is 20.3. The second-order valence-electron chi connectivity index (χ2n) is 13.0. The number of methoxy groups -OCH3 is 2. The molecule has 0 N–H and O–H groups in total. The summed E-state index contributed by atoms with van der Waals surface area (Å²) in [7, 11) is 3.08. The molecule has 2 rings (SSSR count). The molecule has 4 nitrogen and oxygen atoms in total. The molecule has 0 aromatic carbocycles. The minimum absolute atomic E-state index is 0.0549. The maximum Gasteiger partial charge on any atom is 0.223 e. The highest BCUT2D eigenvalue weighted by Gasteiger charge is 2.32. The van der Waals surface area contributed by atoms with Gasteiger partial charge in [0.25, 0.3) is 0 Å². The van der Waals surface area contributed by atoms with Crippen molar-refractivity contribution in [2.75, 3.05) is 14.2 Å². The Balaban J connectivity index is 1.96. The monoisotopic (exact) mass is 620 g/mol. The van der Waals surface area contributed by atoms with E-state index in [2.05, 4.69) is 78.0 Å². The summed E-state index contributed by atoms with van der Waals surface area (Å²) in [5.74, 6) is 0.711. The van der Waals surface area contributed by atoms with Crippen molar-refractivity contribution in [2.45, 2.75) is 69.2 Å². The van der Waals surface area contributed by atoms with Crippen LogP contribution in [0.25, 0.3) is 0 Å². The first-order valence-electron chi connectivity index (χ1n) is 15.7. The van der Waals surface area contributed by atoms with Gasteiger partial charge in [-0.1, -0.05) is 135 Å². The molecule has 0 atom stereocenters. The number of hydrogen-bond donors (Lipinski definition) is 0. The van der Waals surface area contributed by atoms with E-state index in [1.54, 1.807) is 0 Å². The molecule has 244 valence electrons. The van der Waals surface area contributed by atoms with E-state index in [0.717, 1.165) is 44.6 Å². The van der Waals surface area contributed by atoms with E-state index in [1.807, 2.05) is 88.5 Å². The summed E-state index contributed by atoms with van der Waals surface area (Å²) in [6, 6.07) is 0. The summed E-state index contributed by atoms with van der Waals surface area (Å²) in [5.41, 5.74) is 7.34. The molecule has 46 heavy (non-hydrogen) atoms. The van der Waals surface area contributed by atoms with Crippen molar-refractivity contribution in [3.8, 4) is 0 Å². The van der Waals surface area contributed by atoms with Crippen LogP contribution >= 0.6 is 0 Å². The van der Waals surface area contributed by atoms with Crippen LogP contribution in [0.4, 0.5) is 0 Å². The molecule has 0 aromatic rings. The molecule has 0 spiro atoms. The Hall–Kier alpha value is -4.44. The Morgan fingerprint density at radius 2 is 0.848 bits per heavy atom. The van der Waals surface area contributed by atoms with Crippen molar-refractivity contribution in [2.24, 2.45) is 10.8 Å². The fourth-order valence-electron chi connectivity index (χ4n) is 5.28. The van der Waals surface area contributed by atoms with Gasteiger partial charge in [0, 0.05) is 22.0 Å². The Morgan fingerprint density at radius 3 is 1.17 bits per heavy atom. The molecule has 0 radical (unpaired) electrons. The maximum absolute atomic E-state index is 12.5. The molecule has 0 aliphatic heterocycles. The van der Waals surface area contributed by atoms with E-state index in [4.69, 9.17) is 9.47 Å². The number of allylic oxidation sites excluding steroid dienone is 24. The van der Waals surface area contributed by atoms with Gasteiger partial charge in [-0.15, -0.1) is 0 Å². The molecule has 0 amide bonds. The third-order valence-corrected chi connectivity index (χ3v) is 8.04. The average Bonchev–Trinajstić information content (AvgIpc) is 2.98. The lowest BCUT2D eigenvalue weighted by Gasteiger charge is -2.29. The molecule has 0 unspecified atom stereocenters. The van der Waals surface area contributed by atoms with E-state index < -0.39 is 0 Å². The van der Waals surface area contributed by atoms with Crippen LogP contribution in [0, 0.1) is 10.8 Å². The zero-order valence-electron chi connectivity index (χ0n) is 29.9. The number of ether oxygens (including phenoxy) is 2. The predicted molar refractivity (Wildman–Crippen MR) is 194 cm³/mol. The number of carbonyl (C=O) groups excluding carboxylic acids is 2. The highest BCUT2D eigenvalue weighted by atomic mass is 16.5. The van der Waals surface area contributed by atoms with Crippen LogP contribution in [0.3, 0.4) is 0 Å². The van der Waals surface area contributed by atoms with Gasteiger partial charge in [-0.05, 0) is 64.8 Å². The van der Waals surface area contributed by atoms with E-state index in [9.17, 15) is 9.59 Å². The first-order chi connectivity index (χ1) is 21.5. The largest absolute Gasteiger partial charge is 0.493 e. The number of rotatable bonds is 12. The number of ketones is 2. The van der Waals surface area contributed by atoms with Crippen LogP contribution in [0.1, 0.15) is 69.2 Å². The standard InChI is InChI=1S/C42H52O4/c1-29(19-15-21-31(3)23-25-35-33(5)39(43)37(45-11)27-41(35,7)8)17-13-14-18-30(2)20-16-22-32(4)24-26-36-34(6)40(44)38(46-12)28-42(36,9)10/h13-28H,1-12H3/b14-13+,19-15+,20-16+,25-23+,26-24+,29-17+,30-18+,31-21+,32-22+. The van der Waals surface area contributed by atoms with Crippen LogP contribution in [-0.4, -0.2) is 25.8 Å². The van der Waals surface area contributed by atoms with Crippen molar-refractivity contribution in [1.82, 2.24) is 0 Å². The third kappa shape index (κ3) is 10.6. The quantitative estimate of drug-likeness (QED) is 0.204. The van der Waals surface area contributed by atoms with Gasteiger partial charge in [0.2, 0.25) is 11.6 Å². The SMILES string of the molecule is COC1=CC(C)(C)C(/C=C/C(C)=C/C=C/C(C)=C/C=C/C=C(C)/C=C/C=C(C)/C=C/C2=C(C)C(=O)C(OC)=CC2(C)C)=C(C)C1=O. The molecule has 0 aromatic heterocycles. The third-order valence-electron chi connectivity index (χ3n) is 8.04. The second kappa shape index (κ2) is 16.7. The number of hydrogen-bond acceptors (Lipinski definition) is 4. The van der Waals surface area contributed by atoms with Crippen molar-refractivity contribution in [3.63, 3.8) is 0 Å². The van der Waals surface area contributed by atoms with Crippen molar-refractivity contribution in [1.29, 1.82) is 0 Å². The van der Waals surface area contributed by atoms with Gasteiger partial charge in [-0.25, -0.2) is 0 Å². The zero-order chi connectivity index (χ0) is 34.7. The molecule has 0 saturated heterocycles. The number of Topliss-reactive ketones (excluding diaryl/α,β-unsaturated/α-hetero) is 2. The van der Waals surface area contributed by atoms with Gasteiger partial charge in [-0.2, -0.15) is 0 Å².